The zero-order chi connectivity index (χ0) is 38.2. The van der Waals surface area contributed by atoms with Crippen LogP contribution in [0.25, 0.3) is 120 Å². The molecule has 0 aliphatic carbocycles. The van der Waals surface area contributed by atoms with E-state index in [-0.39, 0.29) is 0 Å². The molecule has 0 fully saturated rings. The summed E-state index contributed by atoms with van der Waals surface area (Å²) in [5.41, 5.74) is 9.35. The molecule has 58 heavy (non-hydrogen) atoms. The molecule has 0 aliphatic heterocycles. The fraction of sp³-hybridized carbons (Fsp3) is 0. The molecule has 3 aromatic heterocycles. The quantitative estimate of drug-likeness (QED) is 0.175. The molecule has 12 rings (SSSR count). The molecule has 3 heterocycles. The fourth-order valence-electron chi connectivity index (χ4n) is 8.57. The molecule has 0 spiro atoms. The van der Waals surface area contributed by atoms with E-state index in [4.69, 9.17) is 19.4 Å². The Hall–Kier alpha value is -7.47. The van der Waals surface area contributed by atoms with E-state index in [0.717, 1.165) is 54.8 Å². The molecule has 0 atom stereocenters. The molecule has 0 N–H and O–H groups in total. The predicted octanol–water partition coefficient (Wildman–Crippen LogP) is 14.8. The Morgan fingerprint density at radius 3 is 1.67 bits per heavy atom. The number of hydrogen-bond acceptors (Lipinski definition) is 5. The van der Waals surface area contributed by atoms with Gasteiger partial charge in [-0.2, -0.15) is 0 Å². The second kappa shape index (κ2) is 13.1. The maximum atomic E-state index is 6.30. The Labute approximate surface area is 337 Å². The minimum absolute atomic E-state index is 0.593. The van der Waals surface area contributed by atoms with Gasteiger partial charge < -0.3 is 4.42 Å². The van der Waals surface area contributed by atoms with Gasteiger partial charge >= 0.3 is 0 Å². The van der Waals surface area contributed by atoms with Gasteiger partial charge in [0, 0.05) is 53.2 Å². The molecule has 4 nitrogen and oxygen atoms in total. The molecule has 0 saturated heterocycles. The number of furan rings is 1. The van der Waals surface area contributed by atoms with Crippen molar-refractivity contribution in [1.82, 2.24) is 15.0 Å². The number of aromatic nitrogens is 3. The second-order valence-corrected chi connectivity index (χ2v) is 15.7. The average molecular weight is 758 g/mol. The standard InChI is InChI=1S/C53H31N3OS/c1-2-12-33(13-3-1)39-19-10-22-44-45-23-11-21-43(50(45)58-49(39)44)40-20-9-16-34-30-35(26-28-38(34)40)51-54-52(36-27-29-42-41-18-6-7-25-47(41)57-48(42)31-36)56-53(55-51)46-24-8-15-32-14-4-5-17-37(32)46/h1-31H. The van der Waals surface area contributed by atoms with Crippen molar-refractivity contribution in [3.05, 3.63) is 188 Å². The number of rotatable bonds is 5. The van der Waals surface area contributed by atoms with Crippen LogP contribution >= 0.6 is 11.3 Å². The van der Waals surface area contributed by atoms with Crippen molar-refractivity contribution in [2.24, 2.45) is 0 Å². The van der Waals surface area contributed by atoms with Gasteiger partial charge in [0.2, 0.25) is 0 Å². The number of thiophene rings is 1. The molecule has 0 unspecified atom stereocenters. The van der Waals surface area contributed by atoms with Crippen LogP contribution in [-0.4, -0.2) is 15.0 Å². The summed E-state index contributed by atoms with van der Waals surface area (Å²) in [5.74, 6) is 1.84. The highest BCUT2D eigenvalue weighted by Gasteiger charge is 2.18. The molecule has 270 valence electrons. The Bertz CT molecular complexity index is 3580. The summed E-state index contributed by atoms with van der Waals surface area (Å²) in [5, 5.41) is 9.25. The van der Waals surface area contributed by atoms with Crippen LogP contribution in [0.1, 0.15) is 0 Å². The molecular weight excluding hydrogens is 727 g/mol. The van der Waals surface area contributed by atoms with Gasteiger partial charge in [0.05, 0.1) is 0 Å². The molecule has 0 bridgehead atoms. The molecule has 12 aromatic rings. The Kier molecular flexibility index (Phi) is 7.37. The maximum absolute atomic E-state index is 6.30. The topological polar surface area (TPSA) is 51.8 Å². The molecule has 0 saturated carbocycles. The van der Waals surface area contributed by atoms with Crippen molar-refractivity contribution in [3.63, 3.8) is 0 Å². The SMILES string of the molecule is c1ccc(-c2cccc3c2sc2c(-c4cccc5cc(-c6nc(-c7ccc8c(c7)oc7ccccc78)nc(-c7cccc8ccccc78)n6)ccc45)cccc23)cc1. The van der Waals surface area contributed by atoms with Crippen molar-refractivity contribution >= 4 is 75.0 Å². The fourth-order valence-corrected chi connectivity index (χ4v) is 9.94. The lowest BCUT2D eigenvalue weighted by molar-refractivity contribution is 0.669. The number of para-hydroxylation sites is 1. The third-order valence-corrected chi connectivity index (χ3v) is 12.6. The van der Waals surface area contributed by atoms with Gasteiger partial charge in [-0.3, -0.25) is 0 Å². The van der Waals surface area contributed by atoms with Gasteiger partial charge in [-0.1, -0.05) is 164 Å². The van der Waals surface area contributed by atoms with Gasteiger partial charge in [-0.25, -0.2) is 15.0 Å². The normalized spacial score (nSPS) is 11.8. The highest BCUT2D eigenvalue weighted by molar-refractivity contribution is 7.26. The average Bonchev–Trinajstić information content (AvgIpc) is 3.87. The smallest absolute Gasteiger partial charge is 0.164 e. The number of nitrogens with zero attached hydrogens (tertiary/aromatic N) is 3. The first-order chi connectivity index (χ1) is 28.7. The summed E-state index contributed by atoms with van der Waals surface area (Å²) >= 11 is 1.88. The van der Waals surface area contributed by atoms with Crippen LogP contribution in [0.5, 0.6) is 0 Å². The molecule has 0 radical (unpaired) electrons. The molecule has 0 aliphatic rings. The highest BCUT2D eigenvalue weighted by Crippen LogP contribution is 2.45. The van der Waals surface area contributed by atoms with E-state index in [1.54, 1.807) is 0 Å². The number of fused-ring (bicyclic) bond motifs is 8. The molecule has 9 aromatic carbocycles. The monoisotopic (exact) mass is 757 g/mol. The lowest BCUT2D eigenvalue weighted by Gasteiger charge is -2.12. The third kappa shape index (κ3) is 5.25. The van der Waals surface area contributed by atoms with Crippen LogP contribution in [0.3, 0.4) is 0 Å². The second-order valence-electron chi connectivity index (χ2n) is 14.7. The zero-order valence-corrected chi connectivity index (χ0v) is 31.9. The van der Waals surface area contributed by atoms with Crippen LogP contribution < -0.4 is 0 Å². The van der Waals surface area contributed by atoms with E-state index in [1.807, 2.05) is 35.6 Å². The highest BCUT2D eigenvalue weighted by atomic mass is 32.1. The van der Waals surface area contributed by atoms with Gasteiger partial charge in [0.25, 0.3) is 0 Å². The van der Waals surface area contributed by atoms with Crippen LogP contribution in [-0.2, 0) is 0 Å². The Morgan fingerprint density at radius 1 is 0.310 bits per heavy atom. The third-order valence-electron chi connectivity index (χ3n) is 11.3. The van der Waals surface area contributed by atoms with E-state index in [2.05, 4.69) is 164 Å². The lowest BCUT2D eigenvalue weighted by atomic mass is 9.95. The summed E-state index contributed by atoms with van der Waals surface area (Å²) in [6.07, 6.45) is 0. The number of benzene rings is 9. The van der Waals surface area contributed by atoms with E-state index in [0.29, 0.717) is 17.5 Å². The molecule has 0 amide bonds. The summed E-state index contributed by atoms with van der Waals surface area (Å²) in [4.78, 5) is 15.5. The van der Waals surface area contributed by atoms with E-state index in [9.17, 15) is 0 Å². The maximum Gasteiger partial charge on any atom is 0.164 e. The van der Waals surface area contributed by atoms with Crippen LogP contribution in [0.2, 0.25) is 0 Å². The lowest BCUT2D eigenvalue weighted by Crippen LogP contribution is -2.00. The van der Waals surface area contributed by atoms with Gasteiger partial charge in [-0.15, -0.1) is 11.3 Å². The van der Waals surface area contributed by atoms with E-state index < -0.39 is 0 Å². The largest absolute Gasteiger partial charge is 0.456 e. The molecular formula is C53H31N3OS. The Morgan fingerprint density at radius 2 is 0.845 bits per heavy atom. The van der Waals surface area contributed by atoms with Crippen molar-refractivity contribution < 1.29 is 4.42 Å². The van der Waals surface area contributed by atoms with E-state index >= 15 is 0 Å². The predicted molar refractivity (Wildman–Crippen MR) is 242 cm³/mol. The van der Waals surface area contributed by atoms with Gasteiger partial charge in [0.1, 0.15) is 11.2 Å². The van der Waals surface area contributed by atoms with Gasteiger partial charge in [-0.05, 0) is 62.5 Å². The number of hydrogen-bond donors (Lipinski definition) is 0. The first-order valence-electron chi connectivity index (χ1n) is 19.4. The minimum atomic E-state index is 0.593. The van der Waals surface area contributed by atoms with Crippen molar-refractivity contribution in [1.29, 1.82) is 0 Å². The zero-order valence-electron chi connectivity index (χ0n) is 31.1. The first kappa shape index (κ1) is 32.7. The van der Waals surface area contributed by atoms with Crippen molar-refractivity contribution in [2.45, 2.75) is 0 Å². The van der Waals surface area contributed by atoms with Crippen molar-refractivity contribution in [2.75, 3.05) is 0 Å². The summed E-state index contributed by atoms with van der Waals surface area (Å²) in [6, 6.07) is 66.3. The Balaban J connectivity index is 1.02. The van der Waals surface area contributed by atoms with Crippen LogP contribution in [0.4, 0.5) is 0 Å². The van der Waals surface area contributed by atoms with Gasteiger partial charge in [0.15, 0.2) is 17.5 Å². The molecule has 5 heteroatoms. The van der Waals surface area contributed by atoms with Crippen LogP contribution in [0, 0.1) is 0 Å². The van der Waals surface area contributed by atoms with Crippen molar-refractivity contribution in [3.8, 4) is 56.4 Å². The van der Waals surface area contributed by atoms with E-state index in [1.165, 1.54) is 47.8 Å². The first-order valence-corrected chi connectivity index (χ1v) is 20.2. The summed E-state index contributed by atoms with van der Waals surface area (Å²) < 4.78 is 8.90. The minimum Gasteiger partial charge on any atom is -0.456 e. The van der Waals surface area contributed by atoms with Crippen LogP contribution in [0.15, 0.2) is 192 Å². The summed E-state index contributed by atoms with van der Waals surface area (Å²) in [6.45, 7) is 0. The summed E-state index contributed by atoms with van der Waals surface area (Å²) in [7, 11) is 0.